The maximum atomic E-state index is 12.7. The fourth-order valence-electron chi connectivity index (χ4n) is 3.57. The van der Waals surface area contributed by atoms with Gasteiger partial charge >= 0.3 is 0 Å². The zero-order chi connectivity index (χ0) is 16.1. The van der Waals surface area contributed by atoms with E-state index < -0.39 is 0 Å². The molecular formula is C19H26N2O2. The van der Waals surface area contributed by atoms with E-state index in [1.165, 1.54) is 11.8 Å². The minimum absolute atomic E-state index is 0.239. The highest BCUT2D eigenvalue weighted by atomic mass is 16.5. The van der Waals surface area contributed by atoms with Crippen LogP contribution in [0.5, 0.6) is 0 Å². The Morgan fingerprint density at radius 3 is 3.04 bits per heavy atom. The second kappa shape index (κ2) is 7.64. The molecule has 2 heterocycles. The van der Waals surface area contributed by atoms with Crippen molar-refractivity contribution in [3.63, 3.8) is 0 Å². The van der Waals surface area contributed by atoms with E-state index in [9.17, 15) is 4.79 Å². The van der Waals surface area contributed by atoms with Gasteiger partial charge in [0.1, 0.15) is 6.54 Å². The number of rotatable bonds is 6. The Labute approximate surface area is 138 Å². The molecule has 1 aromatic carbocycles. The third-order valence-electron chi connectivity index (χ3n) is 4.82. The van der Waals surface area contributed by atoms with Crippen LogP contribution in [0, 0.1) is 5.92 Å². The fourth-order valence-corrected chi connectivity index (χ4v) is 3.57. The van der Waals surface area contributed by atoms with Crippen LogP contribution < -0.4 is 0 Å². The molecule has 0 spiro atoms. The van der Waals surface area contributed by atoms with Gasteiger partial charge in [-0.1, -0.05) is 18.2 Å². The number of amides is 1. The molecule has 0 saturated carbocycles. The van der Waals surface area contributed by atoms with Gasteiger partial charge in [0.25, 0.3) is 0 Å². The Hall–Kier alpha value is -1.81. The van der Waals surface area contributed by atoms with E-state index in [0.29, 0.717) is 12.5 Å². The molecule has 1 saturated heterocycles. The quantitative estimate of drug-likeness (QED) is 0.767. The molecule has 0 unspecified atom stereocenters. The Kier molecular flexibility index (Phi) is 5.34. The molecule has 23 heavy (non-hydrogen) atoms. The average molecular weight is 314 g/mol. The van der Waals surface area contributed by atoms with Crippen molar-refractivity contribution < 1.29 is 9.53 Å². The van der Waals surface area contributed by atoms with E-state index in [1.54, 1.807) is 7.11 Å². The number of nitrogens with zero attached hydrogens (tertiary/aromatic N) is 2. The summed E-state index contributed by atoms with van der Waals surface area (Å²) in [6.07, 6.45) is 6.62. The highest BCUT2D eigenvalue weighted by Gasteiger charge is 2.23. The van der Waals surface area contributed by atoms with Crippen LogP contribution in [0.3, 0.4) is 0 Å². The maximum Gasteiger partial charge on any atom is 0.242 e. The SMILES string of the molecule is COCCC[C@@H]1CCCN(C(=O)Cn2ccc3ccccc32)C1. The van der Waals surface area contributed by atoms with Gasteiger partial charge in [-0.05, 0) is 49.1 Å². The summed E-state index contributed by atoms with van der Waals surface area (Å²) in [4.78, 5) is 14.7. The minimum atomic E-state index is 0.239. The number of fused-ring (bicyclic) bond motifs is 1. The lowest BCUT2D eigenvalue weighted by Crippen LogP contribution is -2.41. The number of carbonyl (C=O) groups is 1. The van der Waals surface area contributed by atoms with Crippen LogP contribution in [-0.4, -0.2) is 42.2 Å². The number of para-hydroxylation sites is 1. The van der Waals surface area contributed by atoms with Gasteiger partial charge in [0.05, 0.1) is 0 Å². The Bertz CT molecular complexity index is 650. The molecule has 1 aromatic heterocycles. The molecule has 1 amide bonds. The first-order valence-electron chi connectivity index (χ1n) is 8.58. The van der Waals surface area contributed by atoms with E-state index in [2.05, 4.69) is 27.7 Å². The van der Waals surface area contributed by atoms with Gasteiger partial charge in [-0.25, -0.2) is 0 Å². The molecule has 0 N–H and O–H groups in total. The summed E-state index contributed by atoms with van der Waals surface area (Å²) in [7, 11) is 1.75. The molecule has 1 fully saturated rings. The summed E-state index contributed by atoms with van der Waals surface area (Å²) in [5, 5.41) is 1.19. The number of hydrogen-bond acceptors (Lipinski definition) is 2. The number of ether oxygens (including phenoxy) is 1. The van der Waals surface area contributed by atoms with Gasteiger partial charge in [-0.15, -0.1) is 0 Å². The molecule has 0 bridgehead atoms. The van der Waals surface area contributed by atoms with Gasteiger partial charge < -0.3 is 14.2 Å². The predicted octanol–water partition coefficient (Wildman–Crippen LogP) is 3.31. The highest BCUT2D eigenvalue weighted by molar-refractivity contribution is 5.83. The Morgan fingerprint density at radius 2 is 2.17 bits per heavy atom. The minimum Gasteiger partial charge on any atom is -0.385 e. The van der Waals surface area contributed by atoms with E-state index in [4.69, 9.17) is 4.74 Å². The number of carbonyl (C=O) groups excluding carboxylic acids is 1. The van der Waals surface area contributed by atoms with Crippen LogP contribution in [0.2, 0.25) is 0 Å². The van der Waals surface area contributed by atoms with Crippen molar-refractivity contribution in [2.24, 2.45) is 5.92 Å². The van der Waals surface area contributed by atoms with Crippen molar-refractivity contribution in [3.05, 3.63) is 36.5 Å². The van der Waals surface area contributed by atoms with Crippen molar-refractivity contribution in [2.75, 3.05) is 26.8 Å². The predicted molar refractivity (Wildman–Crippen MR) is 92.4 cm³/mol. The largest absolute Gasteiger partial charge is 0.385 e. The zero-order valence-electron chi connectivity index (χ0n) is 13.9. The first-order chi connectivity index (χ1) is 11.3. The lowest BCUT2D eigenvalue weighted by molar-refractivity contribution is -0.133. The lowest BCUT2D eigenvalue weighted by Gasteiger charge is -2.33. The van der Waals surface area contributed by atoms with Crippen LogP contribution in [-0.2, 0) is 16.1 Å². The van der Waals surface area contributed by atoms with E-state index in [1.807, 2.05) is 18.3 Å². The summed E-state index contributed by atoms with van der Waals surface area (Å²) in [6, 6.07) is 10.3. The number of benzene rings is 1. The molecule has 4 heteroatoms. The Balaban J connectivity index is 1.59. The number of aromatic nitrogens is 1. The molecule has 1 aliphatic heterocycles. The molecule has 0 aliphatic carbocycles. The number of piperidine rings is 1. The summed E-state index contributed by atoms with van der Waals surface area (Å²) in [6.45, 7) is 3.07. The van der Waals surface area contributed by atoms with Crippen LogP contribution in [0.15, 0.2) is 36.5 Å². The normalized spacial score (nSPS) is 18.5. The van der Waals surface area contributed by atoms with Crippen LogP contribution in [0.25, 0.3) is 10.9 Å². The van der Waals surface area contributed by atoms with Gasteiger partial charge in [0.15, 0.2) is 0 Å². The van der Waals surface area contributed by atoms with E-state index in [-0.39, 0.29) is 5.91 Å². The van der Waals surface area contributed by atoms with Crippen molar-refractivity contribution in [3.8, 4) is 0 Å². The number of hydrogen-bond donors (Lipinski definition) is 0. The van der Waals surface area contributed by atoms with Crippen molar-refractivity contribution in [1.29, 1.82) is 0 Å². The van der Waals surface area contributed by atoms with Gasteiger partial charge in [0, 0.05) is 38.5 Å². The van der Waals surface area contributed by atoms with Crippen LogP contribution >= 0.6 is 0 Å². The molecule has 2 aromatic rings. The van der Waals surface area contributed by atoms with Gasteiger partial charge in [0.2, 0.25) is 5.91 Å². The first kappa shape index (κ1) is 16.1. The third-order valence-corrected chi connectivity index (χ3v) is 4.82. The second-order valence-electron chi connectivity index (χ2n) is 6.49. The number of methoxy groups -OCH3 is 1. The standard InChI is InChI=1S/C19H26N2O2/c1-23-13-5-7-16-6-4-11-21(14-16)19(22)15-20-12-10-17-8-2-3-9-18(17)20/h2-3,8-10,12,16H,4-7,11,13-15H2,1H3/t16-/m0/s1. The monoisotopic (exact) mass is 314 g/mol. The molecule has 0 radical (unpaired) electrons. The molecule has 3 rings (SSSR count). The molecule has 4 nitrogen and oxygen atoms in total. The zero-order valence-corrected chi connectivity index (χ0v) is 13.9. The Morgan fingerprint density at radius 1 is 1.30 bits per heavy atom. The van der Waals surface area contributed by atoms with Gasteiger partial charge in [-0.3, -0.25) is 4.79 Å². The molecule has 124 valence electrons. The second-order valence-corrected chi connectivity index (χ2v) is 6.49. The maximum absolute atomic E-state index is 12.7. The highest BCUT2D eigenvalue weighted by Crippen LogP contribution is 2.22. The van der Waals surface area contributed by atoms with Crippen molar-refractivity contribution >= 4 is 16.8 Å². The lowest BCUT2D eigenvalue weighted by atomic mass is 9.93. The van der Waals surface area contributed by atoms with Crippen LogP contribution in [0.1, 0.15) is 25.7 Å². The fraction of sp³-hybridized carbons (Fsp3) is 0.526. The first-order valence-corrected chi connectivity index (χ1v) is 8.58. The molecule has 1 aliphatic rings. The summed E-state index contributed by atoms with van der Waals surface area (Å²) in [5.74, 6) is 0.868. The smallest absolute Gasteiger partial charge is 0.242 e. The summed E-state index contributed by atoms with van der Waals surface area (Å²) in [5.41, 5.74) is 1.13. The average Bonchev–Trinajstić information content (AvgIpc) is 2.99. The summed E-state index contributed by atoms with van der Waals surface area (Å²) >= 11 is 0. The van der Waals surface area contributed by atoms with Crippen molar-refractivity contribution in [2.45, 2.75) is 32.2 Å². The third kappa shape index (κ3) is 3.94. The van der Waals surface area contributed by atoms with Crippen LogP contribution in [0.4, 0.5) is 0 Å². The summed E-state index contributed by atoms with van der Waals surface area (Å²) < 4.78 is 7.20. The number of likely N-dealkylation sites (tertiary alicyclic amines) is 1. The topological polar surface area (TPSA) is 34.5 Å². The van der Waals surface area contributed by atoms with E-state index >= 15 is 0 Å². The van der Waals surface area contributed by atoms with Gasteiger partial charge in [-0.2, -0.15) is 0 Å². The van der Waals surface area contributed by atoms with E-state index in [0.717, 1.165) is 44.5 Å². The molecular weight excluding hydrogens is 288 g/mol. The molecule has 1 atom stereocenters. The van der Waals surface area contributed by atoms with Crippen molar-refractivity contribution in [1.82, 2.24) is 9.47 Å².